The first-order chi connectivity index (χ1) is 15.5. The summed E-state index contributed by atoms with van der Waals surface area (Å²) < 4.78 is 15.7. The minimum atomic E-state index is -0.370. The highest BCUT2D eigenvalue weighted by atomic mass is 19.1. The maximum atomic E-state index is 14.0. The number of benzene rings is 2. The predicted molar refractivity (Wildman–Crippen MR) is 124 cm³/mol. The van der Waals surface area contributed by atoms with Crippen LogP contribution >= 0.6 is 0 Å². The van der Waals surface area contributed by atoms with Crippen LogP contribution in [0.15, 0.2) is 67.5 Å². The van der Waals surface area contributed by atoms with Gasteiger partial charge in [0.25, 0.3) is 0 Å². The van der Waals surface area contributed by atoms with E-state index >= 15 is 0 Å². The monoisotopic (exact) mass is 431 g/mol. The van der Waals surface area contributed by atoms with Crippen molar-refractivity contribution in [1.29, 1.82) is 0 Å². The fourth-order valence-electron chi connectivity index (χ4n) is 3.53. The van der Waals surface area contributed by atoms with Gasteiger partial charge in [0.15, 0.2) is 5.65 Å². The molecule has 8 nitrogen and oxygen atoms in total. The summed E-state index contributed by atoms with van der Waals surface area (Å²) in [5, 5.41) is 8.09. The van der Waals surface area contributed by atoms with Gasteiger partial charge in [-0.05, 0) is 36.4 Å². The zero-order chi connectivity index (χ0) is 22.7. The third kappa shape index (κ3) is 3.87. The molecule has 0 unspecified atom stereocenters. The second-order valence-corrected chi connectivity index (χ2v) is 7.00. The number of carbonyl (C=O) groups is 1. The van der Waals surface area contributed by atoms with Crippen molar-refractivity contribution in [2.24, 2.45) is 0 Å². The fourth-order valence-corrected chi connectivity index (χ4v) is 3.53. The van der Waals surface area contributed by atoms with Crippen molar-refractivity contribution in [1.82, 2.24) is 19.7 Å². The van der Waals surface area contributed by atoms with Crippen molar-refractivity contribution >= 4 is 34.1 Å². The van der Waals surface area contributed by atoms with Gasteiger partial charge in [-0.2, -0.15) is 5.10 Å². The molecule has 4 aromatic rings. The van der Waals surface area contributed by atoms with Gasteiger partial charge < -0.3 is 16.0 Å². The Morgan fingerprint density at radius 1 is 1.25 bits per heavy atom. The van der Waals surface area contributed by atoms with E-state index in [4.69, 9.17) is 10.8 Å². The molecule has 4 rings (SSSR count). The van der Waals surface area contributed by atoms with Gasteiger partial charge in [0, 0.05) is 24.8 Å². The number of fused-ring (bicyclic) bond motifs is 1. The van der Waals surface area contributed by atoms with E-state index in [1.165, 1.54) is 18.5 Å². The van der Waals surface area contributed by atoms with E-state index in [0.29, 0.717) is 41.1 Å². The Labute approximate surface area is 184 Å². The number of hydrogen-bond donors (Lipinski definition) is 2. The maximum Gasteiger partial charge on any atom is 0.250 e. The lowest BCUT2D eigenvalue weighted by Gasteiger charge is -2.21. The molecule has 2 aromatic heterocycles. The number of rotatable bonds is 7. The molecule has 32 heavy (non-hydrogen) atoms. The quantitative estimate of drug-likeness (QED) is 0.435. The number of amides is 1. The van der Waals surface area contributed by atoms with E-state index in [0.717, 1.165) is 5.69 Å². The van der Waals surface area contributed by atoms with Gasteiger partial charge in [-0.15, -0.1) is 0 Å². The summed E-state index contributed by atoms with van der Waals surface area (Å²) >= 11 is 0. The van der Waals surface area contributed by atoms with Crippen molar-refractivity contribution in [3.05, 3.63) is 73.3 Å². The third-order valence-electron chi connectivity index (χ3n) is 5.11. The second kappa shape index (κ2) is 8.84. The van der Waals surface area contributed by atoms with Crippen LogP contribution in [0.1, 0.15) is 0 Å². The summed E-state index contributed by atoms with van der Waals surface area (Å²) in [6, 6.07) is 14.0. The molecular formula is C23H22FN7O. The van der Waals surface area contributed by atoms with Crippen LogP contribution < -0.4 is 16.0 Å². The van der Waals surface area contributed by atoms with Gasteiger partial charge in [-0.3, -0.25) is 4.79 Å². The predicted octanol–water partition coefficient (Wildman–Crippen LogP) is 3.48. The number of nitrogens with zero attached hydrogens (tertiary/aromatic N) is 5. The normalized spacial score (nSPS) is 10.8. The Balaban J connectivity index is 1.75. The Morgan fingerprint density at radius 3 is 2.75 bits per heavy atom. The van der Waals surface area contributed by atoms with E-state index in [2.05, 4.69) is 21.9 Å². The molecule has 0 aliphatic carbocycles. The molecule has 0 aliphatic rings. The molecule has 0 spiro atoms. The minimum absolute atomic E-state index is 0.223. The summed E-state index contributed by atoms with van der Waals surface area (Å²) in [6.45, 7) is 4.29. The number of hydrogen-bond acceptors (Lipinski definition) is 6. The number of halogens is 1. The number of anilines is 3. The van der Waals surface area contributed by atoms with E-state index in [1.54, 1.807) is 28.8 Å². The average Bonchev–Trinajstić information content (AvgIpc) is 3.20. The molecule has 3 N–H and O–H groups in total. The van der Waals surface area contributed by atoms with Crippen LogP contribution in [0.2, 0.25) is 0 Å². The molecule has 0 aliphatic heterocycles. The number of para-hydroxylation sites is 1. The third-order valence-corrected chi connectivity index (χ3v) is 5.11. The molecule has 0 saturated carbocycles. The van der Waals surface area contributed by atoms with Crippen molar-refractivity contribution in [2.45, 2.75) is 6.54 Å². The van der Waals surface area contributed by atoms with E-state index < -0.39 is 0 Å². The molecule has 0 fully saturated rings. The largest absolute Gasteiger partial charge is 0.386 e. The zero-order valence-electron chi connectivity index (χ0n) is 17.5. The van der Waals surface area contributed by atoms with E-state index in [1.807, 2.05) is 30.3 Å². The Morgan fingerprint density at radius 2 is 2.03 bits per heavy atom. The molecule has 0 atom stereocenters. The van der Waals surface area contributed by atoms with Gasteiger partial charge in [-0.1, -0.05) is 24.8 Å². The van der Waals surface area contributed by atoms with Crippen LogP contribution in [0, 0.1) is 5.82 Å². The lowest BCUT2D eigenvalue weighted by molar-refractivity contribution is -0.114. The summed E-state index contributed by atoms with van der Waals surface area (Å²) in [5.41, 5.74) is 8.98. The van der Waals surface area contributed by atoms with Crippen molar-refractivity contribution in [2.75, 3.05) is 29.5 Å². The van der Waals surface area contributed by atoms with Gasteiger partial charge in [0.2, 0.25) is 5.91 Å². The van der Waals surface area contributed by atoms with Crippen LogP contribution in [0.3, 0.4) is 0 Å². The Bertz CT molecular complexity index is 1290. The molecular weight excluding hydrogens is 409 g/mol. The first-order valence-electron chi connectivity index (χ1n) is 9.97. The van der Waals surface area contributed by atoms with Crippen molar-refractivity contribution < 1.29 is 9.18 Å². The number of aromatic nitrogens is 4. The molecule has 0 saturated heterocycles. The lowest BCUT2D eigenvalue weighted by atomic mass is 10.1. The van der Waals surface area contributed by atoms with Crippen LogP contribution in [-0.2, 0) is 11.3 Å². The van der Waals surface area contributed by atoms with Crippen LogP contribution in [-0.4, -0.2) is 39.2 Å². The lowest BCUT2D eigenvalue weighted by Crippen LogP contribution is -2.32. The molecule has 162 valence electrons. The highest BCUT2D eigenvalue weighted by Gasteiger charge is 2.19. The zero-order valence-corrected chi connectivity index (χ0v) is 17.5. The number of nitrogens with two attached hydrogens (primary N) is 1. The van der Waals surface area contributed by atoms with Gasteiger partial charge in [-0.25, -0.2) is 19.0 Å². The molecule has 0 bridgehead atoms. The van der Waals surface area contributed by atoms with E-state index in [9.17, 15) is 9.18 Å². The number of carbonyl (C=O) groups excluding carboxylic acids is 1. The van der Waals surface area contributed by atoms with Crippen LogP contribution in [0.25, 0.3) is 22.3 Å². The number of nitrogens with one attached hydrogen (secondary N) is 1. The van der Waals surface area contributed by atoms with Gasteiger partial charge in [0.1, 0.15) is 23.7 Å². The Kier molecular flexibility index (Phi) is 5.80. The van der Waals surface area contributed by atoms with Crippen LogP contribution in [0.4, 0.5) is 21.6 Å². The molecule has 1 amide bonds. The molecule has 0 radical (unpaired) electrons. The highest BCUT2D eigenvalue weighted by Crippen LogP contribution is 2.32. The minimum Gasteiger partial charge on any atom is -0.386 e. The van der Waals surface area contributed by atoms with Crippen molar-refractivity contribution in [3.63, 3.8) is 0 Å². The summed E-state index contributed by atoms with van der Waals surface area (Å²) in [6.07, 6.45) is 2.64. The second-order valence-electron chi connectivity index (χ2n) is 7.00. The smallest absolute Gasteiger partial charge is 0.250 e. The summed E-state index contributed by atoms with van der Waals surface area (Å²) in [5.74, 6) is -0.321. The molecule has 2 aromatic carbocycles. The van der Waals surface area contributed by atoms with Gasteiger partial charge in [0.05, 0.1) is 17.6 Å². The summed E-state index contributed by atoms with van der Waals surface area (Å²) in [7, 11) is 1.64. The molecule has 9 heteroatoms. The SMILES string of the molecule is C=CC(=O)N(CCn1nc(-c2ccc(F)c(NC)c2)c2c(N)ncnc21)c1ccccc1. The van der Waals surface area contributed by atoms with Gasteiger partial charge >= 0.3 is 0 Å². The van der Waals surface area contributed by atoms with E-state index in [-0.39, 0.29) is 17.5 Å². The fraction of sp³-hybridized carbons (Fsp3) is 0.130. The number of nitrogen functional groups attached to an aromatic ring is 1. The Hall–Kier alpha value is -4.27. The molecule has 2 heterocycles. The summed E-state index contributed by atoms with van der Waals surface area (Å²) in [4.78, 5) is 22.5. The first kappa shape index (κ1) is 21.0. The standard InChI is InChI=1S/C23H22FN7O/c1-3-19(32)30(16-7-5-4-6-8-16)11-12-31-23-20(22(25)27-14-28-23)21(29-31)15-9-10-17(24)18(13-15)26-2/h3-10,13-14,26H,1,11-12H2,2H3,(H2,25,27,28). The maximum absolute atomic E-state index is 14.0. The highest BCUT2D eigenvalue weighted by molar-refractivity contribution is 6.01. The average molecular weight is 431 g/mol. The van der Waals surface area contributed by atoms with Crippen LogP contribution in [0.5, 0.6) is 0 Å². The van der Waals surface area contributed by atoms with Crippen molar-refractivity contribution in [3.8, 4) is 11.3 Å². The topological polar surface area (TPSA) is 102 Å². The first-order valence-corrected chi connectivity index (χ1v) is 9.97.